The van der Waals surface area contributed by atoms with Gasteiger partial charge in [0.05, 0.1) is 6.54 Å². The van der Waals surface area contributed by atoms with Crippen molar-refractivity contribution in [1.29, 1.82) is 0 Å². The first-order valence-corrected chi connectivity index (χ1v) is 4.47. The number of urea groups is 1. The maximum absolute atomic E-state index is 10.8. The summed E-state index contributed by atoms with van der Waals surface area (Å²) < 4.78 is 0. The van der Waals surface area contributed by atoms with Gasteiger partial charge >= 0.3 is 12.0 Å². The summed E-state index contributed by atoms with van der Waals surface area (Å²) in [6.07, 6.45) is 0.784. The number of hydrogen-bond donors (Lipinski definition) is 2. The molecule has 80 valence electrons. The molecular formula is C8H15N3O3. The van der Waals surface area contributed by atoms with Gasteiger partial charge < -0.3 is 15.7 Å². The lowest BCUT2D eigenvalue weighted by molar-refractivity contribution is -0.138. The van der Waals surface area contributed by atoms with Gasteiger partial charge in [-0.15, -0.1) is 0 Å². The number of primary amides is 1. The molecule has 1 unspecified atom stereocenters. The first kappa shape index (κ1) is 10.8. The number of rotatable bonds is 3. The Morgan fingerprint density at radius 3 is 2.71 bits per heavy atom. The van der Waals surface area contributed by atoms with E-state index in [2.05, 4.69) is 0 Å². The number of carbonyl (C=O) groups excluding carboxylic acids is 1. The molecule has 3 N–H and O–H groups in total. The van der Waals surface area contributed by atoms with Crippen molar-refractivity contribution in [3.05, 3.63) is 0 Å². The number of likely N-dealkylation sites (tertiary alicyclic amines) is 1. The predicted molar refractivity (Wildman–Crippen MR) is 49.8 cm³/mol. The van der Waals surface area contributed by atoms with E-state index in [1.54, 1.807) is 11.9 Å². The number of nitrogens with two attached hydrogens (primary N) is 1. The summed E-state index contributed by atoms with van der Waals surface area (Å²) >= 11 is 0. The van der Waals surface area contributed by atoms with Crippen molar-refractivity contribution < 1.29 is 14.7 Å². The summed E-state index contributed by atoms with van der Waals surface area (Å²) in [6, 6.07) is -0.324. The third-order valence-electron chi connectivity index (χ3n) is 2.48. The summed E-state index contributed by atoms with van der Waals surface area (Å²) in [7, 11) is 1.74. The largest absolute Gasteiger partial charge is 0.480 e. The second-order valence-electron chi connectivity index (χ2n) is 3.54. The lowest BCUT2D eigenvalue weighted by Gasteiger charge is -2.22. The molecule has 0 aromatic carbocycles. The van der Waals surface area contributed by atoms with Crippen LogP contribution < -0.4 is 5.73 Å². The molecule has 14 heavy (non-hydrogen) atoms. The van der Waals surface area contributed by atoms with Crippen LogP contribution in [0.25, 0.3) is 0 Å². The average Bonchev–Trinajstić information content (AvgIpc) is 2.50. The van der Waals surface area contributed by atoms with E-state index >= 15 is 0 Å². The summed E-state index contributed by atoms with van der Waals surface area (Å²) in [4.78, 5) is 24.5. The molecular weight excluding hydrogens is 186 g/mol. The van der Waals surface area contributed by atoms with Gasteiger partial charge in [0, 0.05) is 19.1 Å². The molecule has 0 spiro atoms. The zero-order chi connectivity index (χ0) is 10.7. The van der Waals surface area contributed by atoms with Gasteiger partial charge in [0.2, 0.25) is 0 Å². The zero-order valence-corrected chi connectivity index (χ0v) is 8.14. The van der Waals surface area contributed by atoms with Crippen molar-refractivity contribution in [2.24, 2.45) is 5.73 Å². The molecule has 0 aromatic rings. The molecule has 6 nitrogen and oxygen atoms in total. The minimum atomic E-state index is -0.856. The maximum Gasteiger partial charge on any atom is 0.317 e. The molecule has 0 radical (unpaired) electrons. The number of carboxylic acids is 1. The standard InChI is InChI=1S/C8H15N3O3/c1-10(5-7(12)13)6-2-3-11(4-6)8(9)14/h6H,2-5H2,1H3,(H2,9,14)(H,12,13). The molecule has 0 aliphatic carbocycles. The lowest BCUT2D eigenvalue weighted by atomic mass is 10.2. The molecule has 0 saturated carbocycles. The number of hydrogen-bond acceptors (Lipinski definition) is 3. The highest BCUT2D eigenvalue weighted by Gasteiger charge is 2.28. The summed E-state index contributed by atoms with van der Waals surface area (Å²) in [5.74, 6) is -0.856. The fourth-order valence-electron chi connectivity index (χ4n) is 1.64. The van der Waals surface area contributed by atoms with E-state index in [0.29, 0.717) is 13.1 Å². The monoisotopic (exact) mass is 201 g/mol. The molecule has 6 heteroatoms. The van der Waals surface area contributed by atoms with Crippen LogP contribution in [0.1, 0.15) is 6.42 Å². The van der Waals surface area contributed by atoms with E-state index < -0.39 is 12.0 Å². The number of aliphatic carboxylic acids is 1. The van der Waals surface area contributed by atoms with Crippen molar-refractivity contribution in [2.75, 3.05) is 26.7 Å². The Balaban J connectivity index is 2.41. The van der Waals surface area contributed by atoms with Gasteiger partial charge in [0.25, 0.3) is 0 Å². The number of carbonyl (C=O) groups is 2. The van der Waals surface area contributed by atoms with Crippen LogP contribution in [0.15, 0.2) is 0 Å². The number of carboxylic acid groups (broad SMARTS) is 1. The van der Waals surface area contributed by atoms with Gasteiger partial charge in [-0.25, -0.2) is 4.79 Å². The Bertz CT molecular complexity index is 244. The molecule has 0 aromatic heterocycles. The van der Waals surface area contributed by atoms with Crippen molar-refractivity contribution in [2.45, 2.75) is 12.5 Å². The first-order valence-electron chi connectivity index (χ1n) is 4.47. The molecule has 1 aliphatic heterocycles. The Kier molecular flexibility index (Phi) is 3.29. The maximum atomic E-state index is 10.8. The third kappa shape index (κ3) is 2.59. The van der Waals surface area contributed by atoms with Crippen LogP contribution in [-0.2, 0) is 4.79 Å². The second-order valence-corrected chi connectivity index (χ2v) is 3.54. The zero-order valence-electron chi connectivity index (χ0n) is 8.14. The molecule has 1 atom stereocenters. The quantitative estimate of drug-likeness (QED) is 0.623. The second kappa shape index (κ2) is 4.28. The van der Waals surface area contributed by atoms with Gasteiger partial charge in [0.1, 0.15) is 0 Å². The van der Waals surface area contributed by atoms with Gasteiger partial charge in [-0.2, -0.15) is 0 Å². The Labute approximate surface area is 82.3 Å². The van der Waals surface area contributed by atoms with Crippen molar-refractivity contribution in [3.8, 4) is 0 Å². The van der Waals surface area contributed by atoms with Crippen molar-refractivity contribution >= 4 is 12.0 Å². The topological polar surface area (TPSA) is 86.9 Å². The van der Waals surface area contributed by atoms with E-state index in [-0.39, 0.29) is 12.6 Å². The van der Waals surface area contributed by atoms with Crippen molar-refractivity contribution in [3.63, 3.8) is 0 Å². The van der Waals surface area contributed by atoms with Crippen LogP contribution in [0.3, 0.4) is 0 Å². The molecule has 2 amide bonds. The summed E-state index contributed by atoms with van der Waals surface area (Å²) in [5, 5.41) is 8.57. The van der Waals surface area contributed by atoms with Crippen LogP contribution >= 0.6 is 0 Å². The predicted octanol–water partition coefficient (Wildman–Crippen LogP) is -0.844. The molecule has 1 heterocycles. The normalized spacial score (nSPS) is 21.6. The fraction of sp³-hybridized carbons (Fsp3) is 0.750. The van der Waals surface area contributed by atoms with Crippen LogP contribution in [0.4, 0.5) is 4.79 Å². The van der Waals surface area contributed by atoms with Crippen molar-refractivity contribution in [1.82, 2.24) is 9.80 Å². The van der Waals surface area contributed by atoms with Gasteiger partial charge in [-0.05, 0) is 13.5 Å². The SMILES string of the molecule is CN(CC(=O)O)C1CCN(C(N)=O)C1. The fourth-order valence-corrected chi connectivity index (χ4v) is 1.64. The number of likely N-dealkylation sites (N-methyl/N-ethyl adjacent to an activating group) is 1. The van der Waals surface area contributed by atoms with Crippen LogP contribution in [0.5, 0.6) is 0 Å². The van der Waals surface area contributed by atoms with E-state index in [1.807, 2.05) is 0 Å². The molecule has 1 aliphatic rings. The minimum absolute atomic E-state index is 0.00271. The van der Waals surface area contributed by atoms with E-state index in [0.717, 1.165) is 6.42 Å². The molecule has 0 bridgehead atoms. The molecule has 1 rings (SSSR count). The number of nitrogens with zero attached hydrogens (tertiary/aromatic N) is 2. The smallest absolute Gasteiger partial charge is 0.317 e. The highest BCUT2D eigenvalue weighted by atomic mass is 16.4. The van der Waals surface area contributed by atoms with Gasteiger partial charge in [-0.3, -0.25) is 9.69 Å². The van der Waals surface area contributed by atoms with Crippen LogP contribution in [0, 0.1) is 0 Å². The van der Waals surface area contributed by atoms with E-state index in [9.17, 15) is 9.59 Å². The van der Waals surface area contributed by atoms with E-state index in [1.165, 1.54) is 4.90 Å². The third-order valence-corrected chi connectivity index (χ3v) is 2.48. The number of amides is 2. The van der Waals surface area contributed by atoms with E-state index in [4.69, 9.17) is 10.8 Å². The summed E-state index contributed by atoms with van der Waals surface area (Å²) in [6.45, 7) is 1.14. The lowest BCUT2D eigenvalue weighted by Crippen LogP contribution is -2.40. The first-order chi connectivity index (χ1) is 6.50. The summed E-state index contributed by atoms with van der Waals surface area (Å²) in [5.41, 5.74) is 5.11. The Hall–Kier alpha value is -1.30. The van der Waals surface area contributed by atoms with Crippen LogP contribution in [0.2, 0.25) is 0 Å². The highest BCUT2D eigenvalue weighted by Crippen LogP contribution is 2.13. The van der Waals surface area contributed by atoms with Gasteiger partial charge in [-0.1, -0.05) is 0 Å². The van der Waals surface area contributed by atoms with Gasteiger partial charge in [0.15, 0.2) is 0 Å². The highest BCUT2D eigenvalue weighted by molar-refractivity contribution is 5.72. The van der Waals surface area contributed by atoms with Crippen LogP contribution in [-0.4, -0.2) is 59.6 Å². The molecule has 1 fully saturated rings. The molecule has 1 saturated heterocycles. The average molecular weight is 201 g/mol. The Morgan fingerprint density at radius 2 is 2.29 bits per heavy atom. The Morgan fingerprint density at radius 1 is 1.64 bits per heavy atom. The minimum Gasteiger partial charge on any atom is -0.480 e.